The Hall–Kier alpha value is -2.26. The average Bonchev–Trinajstić information content (AvgIpc) is 3.25. The summed E-state index contributed by atoms with van der Waals surface area (Å²) < 4.78 is 0. The van der Waals surface area contributed by atoms with Crippen LogP contribution in [-0.4, -0.2) is 83.9 Å². The number of likely N-dealkylation sites (tertiary alicyclic amines) is 1. The van der Waals surface area contributed by atoms with Crippen LogP contribution in [0, 0.1) is 5.92 Å². The Labute approximate surface area is 194 Å². The van der Waals surface area contributed by atoms with E-state index in [-0.39, 0.29) is 24.7 Å². The van der Waals surface area contributed by atoms with Gasteiger partial charge in [0.25, 0.3) is 0 Å². The van der Waals surface area contributed by atoms with Crippen molar-refractivity contribution in [3.05, 3.63) is 18.3 Å². The summed E-state index contributed by atoms with van der Waals surface area (Å²) in [6, 6.07) is 3.87. The van der Waals surface area contributed by atoms with E-state index in [1.54, 1.807) is 17.5 Å². The lowest BCUT2D eigenvalue weighted by molar-refractivity contribution is -0.133. The molecule has 4 rings (SSSR count). The second-order valence-electron chi connectivity index (χ2n) is 8.94. The smallest absolute Gasteiger partial charge is 0.223 e. The monoisotopic (exact) mass is 458 g/mol. The Morgan fingerprint density at radius 2 is 2.03 bits per heavy atom. The topological polar surface area (TPSA) is 81.7 Å². The highest BCUT2D eigenvalue weighted by Gasteiger charge is 2.23. The number of hydrogen-bond donors (Lipinski definition) is 1. The average molecular weight is 459 g/mol. The van der Waals surface area contributed by atoms with Crippen molar-refractivity contribution in [2.45, 2.75) is 39.0 Å². The number of rotatable bonds is 8. The zero-order chi connectivity index (χ0) is 22.3. The zero-order valence-electron chi connectivity index (χ0n) is 19.0. The molecule has 4 heterocycles. The summed E-state index contributed by atoms with van der Waals surface area (Å²) in [5.74, 6) is 0.823. The summed E-state index contributed by atoms with van der Waals surface area (Å²) in [5, 5.41) is 3.94. The Kier molecular flexibility index (Phi) is 7.91. The van der Waals surface area contributed by atoms with Gasteiger partial charge in [0.15, 0.2) is 5.13 Å². The maximum absolute atomic E-state index is 12.6. The molecule has 2 aromatic rings. The number of piperazine rings is 1. The normalized spacial score (nSPS) is 20.0. The van der Waals surface area contributed by atoms with Crippen LogP contribution in [-0.2, 0) is 9.59 Å². The van der Waals surface area contributed by atoms with Crippen molar-refractivity contribution in [3.8, 4) is 0 Å². The Bertz CT molecular complexity index is 878. The zero-order valence-corrected chi connectivity index (χ0v) is 19.8. The van der Waals surface area contributed by atoms with Gasteiger partial charge in [-0.1, -0.05) is 18.3 Å². The molecule has 8 nitrogen and oxygen atoms in total. The van der Waals surface area contributed by atoms with Crippen LogP contribution in [0.1, 0.15) is 39.0 Å². The van der Waals surface area contributed by atoms with Crippen LogP contribution in [0.5, 0.6) is 0 Å². The standard InChI is InChI=1S/C23H34N6O2S/c1-18-5-3-11-27(17-18)12-4-10-24-20(30)7-8-21(31)28-13-15-29(16-14-28)23-26-19-6-2-9-25-22(19)32-23/h2,6,9,18H,3-5,7-8,10-17H2,1H3,(H,24,30)/t18-/m0/s1. The van der Waals surface area contributed by atoms with Gasteiger partial charge in [-0.3, -0.25) is 9.59 Å². The largest absolute Gasteiger partial charge is 0.356 e. The van der Waals surface area contributed by atoms with Gasteiger partial charge in [0.2, 0.25) is 11.8 Å². The van der Waals surface area contributed by atoms with Crippen molar-refractivity contribution < 1.29 is 9.59 Å². The molecule has 2 saturated heterocycles. The Balaban J connectivity index is 1.11. The SMILES string of the molecule is C[C@H]1CCCN(CCCNC(=O)CCC(=O)N2CCN(c3nc4cccnc4s3)CC2)C1. The van der Waals surface area contributed by atoms with E-state index in [1.165, 1.54) is 25.9 Å². The molecule has 2 aliphatic rings. The minimum Gasteiger partial charge on any atom is -0.356 e. The number of carbonyl (C=O) groups excluding carboxylic acids is 2. The van der Waals surface area contributed by atoms with Crippen molar-refractivity contribution >= 4 is 38.6 Å². The number of fused-ring (bicyclic) bond motifs is 1. The van der Waals surface area contributed by atoms with Gasteiger partial charge in [-0.15, -0.1) is 0 Å². The Morgan fingerprint density at radius 1 is 1.19 bits per heavy atom. The molecule has 174 valence electrons. The third kappa shape index (κ3) is 6.16. The van der Waals surface area contributed by atoms with Gasteiger partial charge < -0.3 is 20.0 Å². The number of aromatic nitrogens is 2. The van der Waals surface area contributed by atoms with E-state index in [0.29, 0.717) is 19.6 Å². The third-order valence-corrected chi connectivity index (χ3v) is 7.38. The van der Waals surface area contributed by atoms with E-state index in [9.17, 15) is 9.59 Å². The summed E-state index contributed by atoms with van der Waals surface area (Å²) in [4.78, 5) is 41.2. The first-order chi connectivity index (χ1) is 15.6. The number of hydrogen-bond acceptors (Lipinski definition) is 7. The summed E-state index contributed by atoms with van der Waals surface area (Å²) in [6.07, 6.45) is 5.91. The molecule has 1 atom stereocenters. The van der Waals surface area contributed by atoms with Crippen LogP contribution in [0.2, 0.25) is 0 Å². The van der Waals surface area contributed by atoms with Gasteiger partial charge >= 0.3 is 0 Å². The van der Waals surface area contributed by atoms with Crippen LogP contribution in [0.25, 0.3) is 10.3 Å². The maximum Gasteiger partial charge on any atom is 0.223 e. The molecule has 32 heavy (non-hydrogen) atoms. The predicted molar refractivity (Wildman–Crippen MR) is 128 cm³/mol. The van der Waals surface area contributed by atoms with Crippen molar-refractivity contribution in [1.82, 2.24) is 25.1 Å². The van der Waals surface area contributed by atoms with E-state index in [0.717, 1.165) is 47.5 Å². The van der Waals surface area contributed by atoms with Crippen LogP contribution < -0.4 is 10.2 Å². The molecular weight excluding hydrogens is 424 g/mol. The molecule has 2 fully saturated rings. The van der Waals surface area contributed by atoms with E-state index in [4.69, 9.17) is 0 Å². The summed E-state index contributed by atoms with van der Waals surface area (Å²) in [5.41, 5.74) is 0.919. The molecule has 2 aromatic heterocycles. The fourth-order valence-corrected chi connectivity index (χ4v) is 5.49. The fourth-order valence-electron chi connectivity index (χ4n) is 4.53. The highest BCUT2D eigenvalue weighted by Crippen LogP contribution is 2.27. The summed E-state index contributed by atoms with van der Waals surface area (Å²) in [7, 11) is 0. The van der Waals surface area contributed by atoms with Crippen LogP contribution >= 0.6 is 11.3 Å². The Morgan fingerprint density at radius 3 is 2.81 bits per heavy atom. The van der Waals surface area contributed by atoms with Gasteiger partial charge in [0.05, 0.1) is 0 Å². The number of carbonyl (C=O) groups is 2. The second-order valence-corrected chi connectivity index (χ2v) is 9.90. The van der Waals surface area contributed by atoms with Gasteiger partial charge in [-0.05, 0) is 50.4 Å². The third-order valence-electron chi connectivity index (χ3n) is 6.34. The van der Waals surface area contributed by atoms with Crippen LogP contribution in [0.15, 0.2) is 18.3 Å². The van der Waals surface area contributed by atoms with Gasteiger partial charge in [0.1, 0.15) is 10.3 Å². The van der Waals surface area contributed by atoms with Gasteiger partial charge in [-0.2, -0.15) is 0 Å². The lowest BCUT2D eigenvalue weighted by atomic mass is 10.0. The van der Waals surface area contributed by atoms with E-state index in [1.807, 2.05) is 17.0 Å². The number of amides is 2. The first kappa shape index (κ1) is 22.9. The minimum absolute atomic E-state index is 0.0222. The number of nitrogens with one attached hydrogen (secondary N) is 1. The van der Waals surface area contributed by atoms with Gasteiger partial charge in [-0.25, -0.2) is 9.97 Å². The first-order valence-electron chi connectivity index (χ1n) is 11.8. The molecule has 0 spiro atoms. The number of nitrogens with zero attached hydrogens (tertiary/aromatic N) is 5. The lowest BCUT2D eigenvalue weighted by Crippen LogP contribution is -2.49. The van der Waals surface area contributed by atoms with Crippen molar-refractivity contribution in [3.63, 3.8) is 0 Å². The molecule has 9 heteroatoms. The molecule has 0 aliphatic carbocycles. The quantitative estimate of drug-likeness (QED) is 0.612. The molecule has 0 aromatic carbocycles. The number of piperidine rings is 1. The highest BCUT2D eigenvalue weighted by atomic mass is 32.1. The molecule has 0 unspecified atom stereocenters. The maximum atomic E-state index is 12.6. The molecule has 2 amide bonds. The van der Waals surface area contributed by atoms with E-state index >= 15 is 0 Å². The highest BCUT2D eigenvalue weighted by molar-refractivity contribution is 7.21. The van der Waals surface area contributed by atoms with Gasteiger partial charge in [0, 0.05) is 58.3 Å². The summed E-state index contributed by atoms with van der Waals surface area (Å²) >= 11 is 1.59. The molecule has 1 N–H and O–H groups in total. The summed E-state index contributed by atoms with van der Waals surface area (Å²) in [6.45, 7) is 9.23. The van der Waals surface area contributed by atoms with Crippen molar-refractivity contribution in [1.29, 1.82) is 0 Å². The van der Waals surface area contributed by atoms with Crippen molar-refractivity contribution in [2.24, 2.45) is 5.92 Å². The fraction of sp³-hybridized carbons (Fsp3) is 0.652. The number of pyridine rings is 1. The first-order valence-corrected chi connectivity index (χ1v) is 12.6. The van der Waals surface area contributed by atoms with Crippen molar-refractivity contribution in [2.75, 3.05) is 57.3 Å². The molecule has 0 radical (unpaired) electrons. The van der Waals surface area contributed by atoms with E-state index in [2.05, 4.69) is 32.0 Å². The molecule has 0 saturated carbocycles. The molecule has 0 bridgehead atoms. The second kappa shape index (κ2) is 11.0. The lowest BCUT2D eigenvalue weighted by Gasteiger charge is -2.34. The predicted octanol–water partition coefficient (Wildman–Crippen LogP) is 2.36. The van der Waals surface area contributed by atoms with E-state index < -0.39 is 0 Å². The minimum atomic E-state index is -0.0222. The molecular formula is C23H34N6O2S. The number of thiazole rings is 1. The molecule has 2 aliphatic heterocycles. The van der Waals surface area contributed by atoms with Crippen LogP contribution in [0.3, 0.4) is 0 Å². The number of anilines is 1. The van der Waals surface area contributed by atoms with Crippen LogP contribution in [0.4, 0.5) is 5.13 Å².